The lowest BCUT2D eigenvalue weighted by Crippen LogP contribution is -2.00. The fraction of sp³-hybridized carbons (Fsp3) is 0.115. The predicted molar refractivity (Wildman–Crippen MR) is 120 cm³/mol. The highest BCUT2D eigenvalue weighted by Crippen LogP contribution is 2.39. The molecule has 5 aromatic rings. The molecule has 0 atom stereocenters. The second-order valence-electron chi connectivity index (χ2n) is 7.33. The van der Waals surface area contributed by atoms with Crippen molar-refractivity contribution in [2.24, 2.45) is 0 Å². The van der Waals surface area contributed by atoms with Crippen LogP contribution < -0.4 is 4.74 Å². The Kier molecular flexibility index (Phi) is 4.09. The topological polar surface area (TPSA) is 27.1 Å². The first kappa shape index (κ1) is 17.5. The molecule has 0 saturated carbocycles. The number of hydrogen-bond acceptors (Lipinski definition) is 2. The number of para-hydroxylation sites is 2. The van der Waals surface area contributed by atoms with Gasteiger partial charge >= 0.3 is 0 Å². The molecular weight excluding hydrogens is 356 g/mol. The minimum atomic E-state index is 0.797. The van der Waals surface area contributed by atoms with Crippen LogP contribution in [0, 0.1) is 13.8 Å². The van der Waals surface area contributed by atoms with E-state index < -0.39 is 0 Å². The molecule has 0 radical (unpaired) electrons. The smallest absolute Gasteiger partial charge is 0.145 e. The average Bonchev–Trinajstić information content (AvgIpc) is 3.16. The van der Waals surface area contributed by atoms with E-state index in [1.54, 1.807) is 7.11 Å². The highest BCUT2D eigenvalue weighted by molar-refractivity contribution is 6.09. The highest BCUT2D eigenvalue weighted by atomic mass is 16.5. The Hall–Kier alpha value is -3.59. The fourth-order valence-corrected chi connectivity index (χ4v) is 4.16. The van der Waals surface area contributed by atoms with Gasteiger partial charge in [-0.15, -0.1) is 0 Å². The number of benzene rings is 3. The van der Waals surface area contributed by atoms with Crippen molar-refractivity contribution in [3.8, 4) is 22.7 Å². The first-order valence-corrected chi connectivity index (χ1v) is 9.79. The number of rotatable bonds is 3. The van der Waals surface area contributed by atoms with E-state index in [1.807, 2.05) is 12.1 Å². The first-order valence-electron chi connectivity index (χ1n) is 9.79. The highest BCUT2D eigenvalue weighted by Gasteiger charge is 2.19. The van der Waals surface area contributed by atoms with Crippen LogP contribution in [0.3, 0.4) is 0 Å². The van der Waals surface area contributed by atoms with Gasteiger partial charge in [-0.3, -0.25) is 0 Å². The normalized spacial score (nSPS) is 11.3. The van der Waals surface area contributed by atoms with Gasteiger partial charge < -0.3 is 9.30 Å². The van der Waals surface area contributed by atoms with Crippen LogP contribution in [0.15, 0.2) is 78.9 Å². The van der Waals surface area contributed by atoms with Gasteiger partial charge in [0.05, 0.1) is 18.3 Å². The molecule has 0 bridgehead atoms. The van der Waals surface area contributed by atoms with Crippen molar-refractivity contribution in [1.82, 2.24) is 9.55 Å². The van der Waals surface area contributed by atoms with E-state index in [0.29, 0.717) is 0 Å². The van der Waals surface area contributed by atoms with E-state index in [-0.39, 0.29) is 0 Å². The van der Waals surface area contributed by atoms with Gasteiger partial charge in [0.15, 0.2) is 0 Å². The molecule has 2 heterocycles. The second-order valence-corrected chi connectivity index (χ2v) is 7.33. The number of aryl methyl sites for hydroxylation is 2. The van der Waals surface area contributed by atoms with Gasteiger partial charge in [0, 0.05) is 22.2 Å². The van der Waals surface area contributed by atoms with Gasteiger partial charge in [-0.05, 0) is 43.2 Å². The summed E-state index contributed by atoms with van der Waals surface area (Å²) in [7, 11) is 1.70. The van der Waals surface area contributed by atoms with Crippen molar-refractivity contribution in [1.29, 1.82) is 0 Å². The summed E-state index contributed by atoms with van der Waals surface area (Å²) in [6, 6.07) is 27.5. The Labute approximate surface area is 170 Å². The van der Waals surface area contributed by atoms with Gasteiger partial charge in [-0.1, -0.05) is 60.7 Å². The van der Waals surface area contributed by atoms with Crippen LogP contribution in [-0.4, -0.2) is 16.7 Å². The van der Waals surface area contributed by atoms with Crippen molar-refractivity contribution >= 4 is 21.8 Å². The summed E-state index contributed by atoms with van der Waals surface area (Å²) in [5, 5.41) is 2.25. The number of hydrogen-bond donors (Lipinski definition) is 0. The van der Waals surface area contributed by atoms with E-state index in [2.05, 4.69) is 85.1 Å². The van der Waals surface area contributed by atoms with Crippen molar-refractivity contribution in [3.63, 3.8) is 0 Å². The van der Waals surface area contributed by atoms with Gasteiger partial charge in [0.1, 0.15) is 11.3 Å². The summed E-state index contributed by atoms with van der Waals surface area (Å²) in [6.45, 7) is 4.23. The molecule has 29 heavy (non-hydrogen) atoms. The van der Waals surface area contributed by atoms with Crippen molar-refractivity contribution < 1.29 is 4.74 Å². The molecule has 3 heteroatoms. The lowest BCUT2D eigenvalue weighted by atomic mass is 10.1. The number of ether oxygens (including phenoxy) is 1. The summed E-state index contributed by atoms with van der Waals surface area (Å²) >= 11 is 0. The summed E-state index contributed by atoms with van der Waals surface area (Å²) in [6.07, 6.45) is 0. The van der Waals surface area contributed by atoms with Crippen molar-refractivity contribution in [2.45, 2.75) is 13.8 Å². The van der Waals surface area contributed by atoms with E-state index in [0.717, 1.165) is 33.4 Å². The molecule has 0 unspecified atom stereocenters. The molecule has 0 aliphatic rings. The third-order valence-corrected chi connectivity index (χ3v) is 5.57. The molecule has 0 N–H and O–H groups in total. The number of methoxy groups -OCH3 is 1. The summed E-state index contributed by atoms with van der Waals surface area (Å²) in [4.78, 5) is 4.90. The molecule has 3 aromatic carbocycles. The van der Waals surface area contributed by atoms with Crippen molar-refractivity contribution in [2.75, 3.05) is 7.11 Å². The fourth-order valence-electron chi connectivity index (χ4n) is 4.16. The minimum Gasteiger partial charge on any atom is -0.494 e. The number of fused-ring (bicyclic) bond motifs is 3. The van der Waals surface area contributed by atoms with Gasteiger partial charge in [-0.2, -0.15) is 0 Å². The maximum Gasteiger partial charge on any atom is 0.145 e. The Bertz CT molecular complexity index is 1350. The van der Waals surface area contributed by atoms with Gasteiger partial charge in [-0.25, -0.2) is 4.98 Å². The predicted octanol–water partition coefficient (Wildman–Crippen LogP) is 6.47. The zero-order chi connectivity index (χ0) is 20.0. The molecule has 3 nitrogen and oxygen atoms in total. The zero-order valence-corrected chi connectivity index (χ0v) is 16.8. The number of aromatic nitrogens is 2. The molecular formula is C26H22N2O. The maximum atomic E-state index is 5.62. The maximum absolute atomic E-state index is 5.62. The standard InChI is InChI=1S/C26H22N2O/c1-17-10-7-8-14-22(17)28-23(19-11-5-4-6-12-19)16-21-18(2)27-25-20(26(21)28)13-9-15-24(25)29-3/h4-16H,1-3H3. The summed E-state index contributed by atoms with van der Waals surface area (Å²) in [5.74, 6) is 0.797. The van der Waals surface area contributed by atoms with E-state index in [1.165, 1.54) is 22.3 Å². The number of nitrogens with zero attached hydrogens (tertiary/aromatic N) is 2. The third kappa shape index (κ3) is 2.70. The number of pyridine rings is 1. The molecule has 0 aliphatic carbocycles. The van der Waals surface area contributed by atoms with Gasteiger partial charge in [0.25, 0.3) is 0 Å². The third-order valence-electron chi connectivity index (χ3n) is 5.57. The summed E-state index contributed by atoms with van der Waals surface area (Å²) < 4.78 is 7.99. The average molecular weight is 378 g/mol. The molecule has 142 valence electrons. The Balaban J connectivity index is 2.02. The lowest BCUT2D eigenvalue weighted by molar-refractivity contribution is 0.419. The van der Waals surface area contributed by atoms with E-state index in [9.17, 15) is 0 Å². The van der Waals surface area contributed by atoms with Crippen LogP contribution in [0.2, 0.25) is 0 Å². The minimum absolute atomic E-state index is 0.797. The molecule has 2 aromatic heterocycles. The van der Waals surface area contributed by atoms with Crippen LogP contribution in [-0.2, 0) is 0 Å². The zero-order valence-electron chi connectivity index (χ0n) is 16.8. The lowest BCUT2D eigenvalue weighted by Gasteiger charge is -2.16. The van der Waals surface area contributed by atoms with Gasteiger partial charge in [0.2, 0.25) is 0 Å². The Morgan fingerprint density at radius 1 is 0.793 bits per heavy atom. The molecule has 0 spiro atoms. The monoisotopic (exact) mass is 378 g/mol. The summed E-state index contributed by atoms with van der Waals surface area (Å²) in [5.41, 5.74) is 7.81. The Morgan fingerprint density at radius 2 is 1.55 bits per heavy atom. The first-order chi connectivity index (χ1) is 14.2. The van der Waals surface area contributed by atoms with Crippen LogP contribution in [0.25, 0.3) is 38.8 Å². The van der Waals surface area contributed by atoms with Crippen LogP contribution >= 0.6 is 0 Å². The Morgan fingerprint density at radius 3 is 2.31 bits per heavy atom. The SMILES string of the molecule is COc1cccc2c1nc(C)c1cc(-c3ccccc3)n(-c3ccccc3C)c12. The molecule has 0 aliphatic heterocycles. The van der Waals surface area contributed by atoms with E-state index in [4.69, 9.17) is 9.72 Å². The van der Waals surface area contributed by atoms with E-state index >= 15 is 0 Å². The van der Waals surface area contributed by atoms with Crippen LogP contribution in [0.5, 0.6) is 5.75 Å². The molecule has 0 fully saturated rings. The molecule has 5 rings (SSSR count). The van der Waals surface area contributed by atoms with Crippen molar-refractivity contribution in [3.05, 3.63) is 90.1 Å². The quantitative estimate of drug-likeness (QED) is 0.360. The largest absolute Gasteiger partial charge is 0.494 e. The second kappa shape index (κ2) is 6.78. The molecule has 0 amide bonds. The van der Waals surface area contributed by atoms with Crippen LogP contribution in [0.1, 0.15) is 11.3 Å². The van der Waals surface area contributed by atoms with Crippen LogP contribution in [0.4, 0.5) is 0 Å². The molecule has 0 saturated heterocycles.